The van der Waals surface area contributed by atoms with Crippen molar-refractivity contribution in [1.82, 2.24) is 0 Å². The van der Waals surface area contributed by atoms with E-state index in [1.807, 2.05) is 0 Å². The van der Waals surface area contributed by atoms with Crippen LogP contribution in [0.3, 0.4) is 0 Å². The number of allylic oxidation sites excluding steroid dienone is 1. The molecule has 1 unspecified atom stereocenters. The Morgan fingerprint density at radius 1 is 1.33 bits per heavy atom. The fraction of sp³-hybridized carbons (Fsp3) is 0.429. The molecule has 68 valence electrons. The molecular weight excluding hydrogens is 184 g/mol. The van der Waals surface area contributed by atoms with Crippen molar-refractivity contribution in [1.29, 1.82) is 0 Å². The molecule has 0 aromatic carbocycles. The summed E-state index contributed by atoms with van der Waals surface area (Å²) in [6, 6.07) is 0. The first-order valence-corrected chi connectivity index (χ1v) is 3.59. The molecule has 0 bridgehead atoms. The Balaban J connectivity index is 4.14. The minimum Gasteiger partial charge on any atom is -0.481 e. The molecule has 0 fully saturated rings. The number of carbonyl (C=O) groups is 2. The van der Waals surface area contributed by atoms with Crippen LogP contribution in [0.5, 0.6) is 0 Å². The molecule has 0 spiro atoms. The van der Waals surface area contributed by atoms with Crippen LogP contribution < -0.4 is 0 Å². The summed E-state index contributed by atoms with van der Waals surface area (Å²) in [5.74, 6) is -3.30. The smallest absolute Gasteiger partial charge is 0.307 e. The first-order valence-electron chi connectivity index (χ1n) is 3.21. The molecular formula is C7H9ClO4. The Morgan fingerprint density at radius 2 is 1.83 bits per heavy atom. The van der Waals surface area contributed by atoms with Gasteiger partial charge in [0, 0.05) is 5.03 Å². The van der Waals surface area contributed by atoms with Gasteiger partial charge in [0.05, 0.1) is 12.3 Å². The Morgan fingerprint density at radius 3 is 2.08 bits per heavy atom. The van der Waals surface area contributed by atoms with E-state index in [1.165, 1.54) is 0 Å². The molecule has 0 saturated carbocycles. The summed E-state index contributed by atoms with van der Waals surface area (Å²) in [4.78, 5) is 20.6. The average molecular weight is 193 g/mol. The van der Waals surface area contributed by atoms with Crippen LogP contribution >= 0.6 is 11.6 Å². The van der Waals surface area contributed by atoms with Gasteiger partial charge < -0.3 is 10.2 Å². The number of rotatable bonds is 5. The molecule has 5 heteroatoms. The van der Waals surface area contributed by atoms with Gasteiger partial charge in [-0.2, -0.15) is 0 Å². The first kappa shape index (κ1) is 11.0. The second-order valence-corrected chi connectivity index (χ2v) is 2.89. The molecule has 4 nitrogen and oxygen atoms in total. The van der Waals surface area contributed by atoms with Gasteiger partial charge in [-0.25, -0.2) is 0 Å². The zero-order valence-corrected chi connectivity index (χ0v) is 7.04. The van der Waals surface area contributed by atoms with Crippen molar-refractivity contribution in [2.45, 2.75) is 12.8 Å². The van der Waals surface area contributed by atoms with Gasteiger partial charge in [-0.1, -0.05) is 18.2 Å². The van der Waals surface area contributed by atoms with E-state index in [0.717, 1.165) is 0 Å². The quantitative estimate of drug-likeness (QED) is 0.689. The Labute approximate surface area is 74.5 Å². The van der Waals surface area contributed by atoms with E-state index in [-0.39, 0.29) is 11.5 Å². The minimum atomic E-state index is -1.17. The lowest BCUT2D eigenvalue weighted by atomic mass is 10.0. The molecule has 0 aliphatic rings. The summed E-state index contributed by atoms with van der Waals surface area (Å²) < 4.78 is 0. The predicted molar refractivity (Wildman–Crippen MR) is 43.0 cm³/mol. The summed E-state index contributed by atoms with van der Waals surface area (Å²) in [6.07, 6.45) is -0.440. The first-order chi connectivity index (χ1) is 5.43. The minimum absolute atomic E-state index is 0.0107. The zero-order chi connectivity index (χ0) is 9.72. The third kappa shape index (κ3) is 4.73. The molecule has 12 heavy (non-hydrogen) atoms. The van der Waals surface area contributed by atoms with E-state index in [0.29, 0.717) is 0 Å². The third-order valence-corrected chi connectivity index (χ3v) is 1.39. The van der Waals surface area contributed by atoms with Crippen molar-refractivity contribution in [3.8, 4) is 0 Å². The molecule has 0 saturated heterocycles. The van der Waals surface area contributed by atoms with Gasteiger partial charge in [-0.3, -0.25) is 9.59 Å². The number of hydrogen-bond donors (Lipinski definition) is 2. The largest absolute Gasteiger partial charge is 0.481 e. The van der Waals surface area contributed by atoms with Crippen LogP contribution in [0, 0.1) is 5.92 Å². The molecule has 0 aromatic rings. The number of aliphatic carboxylic acids is 2. The molecule has 0 aliphatic carbocycles. The summed E-state index contributed by atoms with van der Waals surface area (Å²) in [6.45, 7) is 3.29. The Kier molecular flexibility index (Phi) is 4.36. The van der Waals surface area contributed by atoms with Gasteiger partial charge >= 0.3 is 11.9 Å². The molecule has 0 aliphatic heterocycles. The van der Waals surface area contributed by atoms with Crippen LogP contribution in [-0.4, -0.2) is 22.2 Å². The van der Waals surface area contributed by atoms with Crippen molar-refractivity contribution in [3.63, 3.8) is 0 Å². The topological polar surface area (TPSA) is 74.6 Å². The molecule has 0 rings (SSSR count). The molecule has 0 heterocycles. The fourth-order valence-corrected chi connectivity index (χ4v) is 0.911. The van der Waals surface area contributed by atoms with E-state index in [4.69, 9.17) is 21.8 Å². The van der Waals surface area contributed by atoms with Crippen molar-refractivity contribution < 1.29 is 19.8 Å². The van der Waals surface area contributed by atoms with Gasteiger partial charge in [-0.05, 0) is 6.42 Å². The maximum absolute atomic E-state index is 10.4. The lowest BCUT2D eigenvalue weighted by Crippen LogP contribution is -2.17. The van der Waals surface area contributed by atoms with E-state index < -0.39 is 24.3 Å². The maximum Gasteiger partial charge on any atom is 0.307 e. The second kappa shape index (κ2) is 4.77. The Bertz CT molecular complexity index is 195. The number of halogens is 1. The van der Waals surface area contributed by atoms with Gasteiger partial charge in [-0.15, -0.1) is 0 Å². The average Bonchev–Trinajstić information content (AvgIpc) is 1.83. The van der Waals surface area contributed by atoms with Crippen LogP contribution in [0.4, 0.5) is 0 Å². The monoisotopic (exact) mass is 192 g/mol. The fourth-order valence-electron chi connectivity index (χ4n) is 0.725. The summed E-state index contributed by atoms with van der Waals surface area (Å²) >= 11 is 5.35. The highest BCUT2D eigenvalue weighted by molar-refractivity contribution is 6.29. The zero-order valence-electron chi connectivity index (χ0n) is 6.29. The van der Waals surface area contributed by atoms with Crippen LogP contribution in [0.15, 0.2) is 11.6 Å². The second-order valence-electron chi connectivity index (χ2n) is 2.35. The van der Waals surface area contributed by atoms with Crippen molar-refractivity contribution in [2.75, 3.05) is 0 Å². The third-order valence-electron chi connectivity index (χ3n) is 1.24. The van der Waals surface area contributed by atoms with Gasteiger partial charge in [0.25, 0.3) is 0 Å². The summed E-state index contributed by atoms with van der Waals surface area (Å²) in [5.41, 5.74) is 0. The van der Waals surface area contributed by atoms with E-state index in [2.05, 4.69) is 6.58 Å². The number of carboxylic acid groups (broad SMARTS) is 2. The van der Waals surface area contributed by atoms with Gasteiger partial charge in [0.15, 0.2) is 0 Å². The molecule has 0 aromatic heterocycles. The predicted octanol–water partition coefficient (Wildman–Crippen LogP) is 1.30. The highest BCUT2D eigenvalue weighted by Crippen LogP contribution is 2.16. The van der Waals surface area contributed by atoms with Crippen molar-refractivity contribution in [2.24, 2.45) is 5.92 Å². The van der Waals surface area contributed by atoms with Crippen molar-refractivity contribution >= 4 is 23.5 Å². The lowest BCUT2D eigenvalue weighted by molar-refractivity contribution is -0.148. The molecule has 0 amide bonds. The maximum atomic E-state index is 10.4. The van der Waals surface area contributed by atoms with E-state index in [1.54, 1.807) is 0 Å². The van der Waals surface area contributed by atoms with E-state index in [9.17, 15) is 9.59 Å². The summed E-state index contributed by atoms with van der Waals surface area (Å²) in [5, 5.41) is 17.0. The van der Waals surface area contributed by atoms with Crippen LogP contribution in [0.1, 0.15) is 12.8 Å². The van der Waals surface area contributed by atoms with Gasteiger partial charge in [0.2, 0.25) is 0 Å². The SMILES string of the molecule is C=C(Cl)CC(CC(=O)O)C(=O)O. The highest BCUT2D eigenvalue weighted by Gasteiger charge is 2.21. The number of hydrogen-bond acceptors (Lipinski definition) is 2. The molecule has 1 atom stereocenters. The summed E-state index contributed by atoms with van der Waals surface area (Å²) in [7, 11) is 0. The number of carboxylic acids is 2. The van der Waals surface area contributed by atoms with Crippen LogP contribution in [0.25, 0.3) is 0 Å². The Hall–Kier alpha value is -1.03. The normalized spacial score (nSPS) is 12.1. The van der Waals surface area contributed by atoms with Gasteiger partial charge in [0.1, 0.15) is 0 Å². The van der Waals surface area contributed by atoms with E-state index >= 15 is 0 Å². The standard InChI is InChI=1S/C7H9ClO4/c1-4(8)2-5(7(11)12)3-6(9)10/h5H,1-3H2,(H,9,10)(H,11,12). The molecule has 0 radical (unpaired) electrons. The highest BCUT2D eigenvalue weighted by atomic mass is 35.5. The van der Waals surface area contributed by atoms with Crippen LogP contribution in [-0.2, 0) is 9.59 Å². The van der Waals surface area contributed by atoms with Crippen LogP contribution in [0.2, 0.25) is 0 Å². The van der Waals surface area contributed by atoms with Crippen molar-refractivity contribution in [3.05, 3.63) is 11.6 Å². The lowest BCUT2D eigenvalue weighted by Gasteiger charge is -2.07. The molecule has 2 N–H and O–H groups in total.